The summed E-state index contributed by atoms with van der Waals surface area (Å²) in [4.78, 5) is 25.5. The number of para-hydroxylation sites is 1. The van der Waals surface area contributed by atoms with Gasteiger partial charge in [-0.3, -0.25) is 4.79 Å². The maximum absolute atomic E-state index is 13.0. The molecule has 41 heavy (non-hydrogen) atoms. The predicted molar refractivity (Wildman–Crippen MR) is 160 cm³/mol. The highest BCUT2D eigenvalue weighted by atomic mass is 35.5. The van der Waals surface area contributed by atoms with E-state index in [-0.39, 0.29) is 28.4 Å². The van der Waals surface area contributed by atoms with E-state index in [1.54, 1.807) is 18.2 Å². The lowest BCUT2D eigenvalue weighted by atomic mass is 10.0. The maximum atomic E-state index is 13.0. The van der Waals surface area contributed by atoms with Crippen LogP contribution in [0.25, 0.3) is 17.0 Å². The third-order valence-corrected chi connectivity index (χ3v) is 6.71. The van der Waals surface area contributed by atoms with Crippen molar-refractivity contribution in [3.8, 4) is 23.0 Å². The highest BCUT2D eigenvalue weighted by molar-refractivity contribution is 6.31. The van der Waals surface area contributed by atoms with Gasteiger partial charge in [-0.15, -0.1) is 0 Å². The van der Waals surface area contributed by atoms with Gasteiger partial charge in [-0.2, -0.15) is 0 Å². The van der Waals surface area contributed by atoms with Gasteiger partial charge in [0.25, 0.3) is 0 Å². The first kappa shape index (κ1) is 27.7. The molecular formula is C34H27ClO6. The number of esters is 1. The number of hydrogen-bond acceptors (Lipinski definition) is 6. The molecule has 0 aliphatic rings. The van der Waals surface area contributed by atoms with Crippen molar-refractivity contribution in [3.05, 3.63) is 135 Å². The minimum Gasteiger partial charge on any atom is -0.489 e. The van der Waals surface area contributed by atoms with Crippen molar-refractivity contribution >= 4 is 34.6 Å². The summed E-state index contributed by atoms with van der Waals surface area (Å²) < 4.78 is 22.8. The van der Waals surface area contributed by atoms with E-state index >= 15 is 0 Å². The smallest absolute Gasteiger partial charge is 0.336 e. The minimum atomic E-state index is -0.573. The molecular weight excluding hydrogens is 540 g/mol. The van der Waals surface area contributed by atoms with Crippen LogP contribution >= 0.6 is 11.6 Å². The van der Waals surface area contributed by atoms with Gasteiger partial charge >= 0.3 is 5.97 Å². The van der Waals surface area contributed by atoms with Crippen molar-refractivity contribution in [2.75, 3.05) is 0 Å². The van der Waals surface area contributed by atoms with Crippen LogP contribution in [0.5, 0.6) is 23.0 Å². The second-order valence-corrected chi connectivity index (χ2v) is 9.99. The lowest BCUT2D eigenvalue weighted by Crippen LogP contribution is -2.07. The monoisotopic (exact) mass is 566 g/mol. The summed E-state index contributed by atoms with van der Waals surface area (Å²) in [5.74, 6) is 1.26. The Balaban J connectivity index is 1.21. The van der Waals surface area contributed by atoms with Crippen molar-refractivity contribution in [2.45, 2.75) is 26.4 Å². The average Bonchev–Trinajstić information content (AvgIpc) is 2.98. The number of carbonyl (C=O) groups is 1. The number of hydrogen-bond donors (Lipinski definition) is 0. The molecule has 0 spiro atoms. The number of carbonyl (C=O) groups excluding carboxylic acids is 1. The van der Waals surface area contributed by atoms with Crippen LogP contribution in [0.2, 0.25) is 5.02 Å². The van der Waals surface area contributed by atoms with Gasteiger partial charge in [0.15, 0.2) is 0 Å². The van der Waals surface area contributed by atoms with Crippen LogP contribution in [0, 0.1) is 0 Å². The summed E-state index contributed by atoms with van der Waals surface area (Å²) in [6.07, 6.45) is 4.23. The predicted octanol–water partition coefficient (Wildman–Crippen LogP) is 8.56. The fourth-order valence-electron chi connectivity index (χ4n) is 4.16. The van der Waals surface area contributed by atoms with E-state index < -0.39 is 5.97 Å². The molecule has 0 atom stereocenters. The molecule has 1 heterocycles. The normalized spacial score (nSPS) is 11.2. The molecule has 0 fully saturated rings. The molecule has 0 radical (unpaired) electrons. The zero-order chi connectivity index (χ0) is 28.8. The lowest BCUT2D eigenvalue weighted by Gasteiger charge is -2.13. The Morgan fingerprint density at radius 2 is 1.63 bits per heavy atom. The zero-order valence-electron chi connectivity index (χ0n) is 22.5. The molecule has 0 bridgehead atoms. The zero-order valence-corrected chi connectivity index (χ0v) is 23.3. The van der Waals surface area contributed by atoms with Crippen LogP contribution in [0.3, 0.4) is 0 Å². The Kier molecular flexibility index (Phi) is 8.51. The molecule has 7 heteroatoms. The fraction of sp³-hybridized carbons (Fsp3) is 0.118. The van der Waals surface area contributed by atoms with Crippen LogP contribution in [-0.4, -0.2) is 5.97 Å². The molecule has 6 nitrogen and oxygen atoms in total. The summed E-state index contributed by atoms with van der Waals surface area (Å²) >= 11 is 6.17. The highest BCUT2D eigenvalue weighted by Gasteiger charge is 2.14. The number of halogens is 1. The molecule has 0 saturated carbocycles. The van der Waals surface area contributed by atoms with Crippen molar-refractivity contribution < 1.29 is 23.4 Å². The van der Waals surface area contributed by atoms with Crippen LogP contribution in [0.4, 0.5) is 0 Å². The SMILES string of the molecule is CC(C)c1ccccc1Oc1coc2cc(OC(=O)C=Cc3ccc(OCc4ccccc4Cl)cc3)ccc2c1=O. The summed E-state index contributed by atoms with van der Waals surface area (Å²) in [6.45, 7) is 4.46. The van der Waals surface area contributed by atoms with Gasteiger partial charge in [0.1, 0.15) is 35.7 Å². The van der Waals surface area contributed by atoms with E-state index in [1.807, 2.05) is 72.8 Å². The van der Waals surface area contributed by atoms with Gasteiger partial charge in [-0.25, -0.2) is 4.79 Å². The second kappa shape index (κ2) is 12.6. The number of ether oxygens (including phenoxy) is 3. The van der Waals surface area contributed by atoms with Crippen LogP contribution in [-0.2, 0) is 11.4 Å². The third-order valence-electron chi connectivity index (χ3n) is 6.34. The van der Waals surface area contributed by atoms with Gasteiger partial charge in [-0.05, 0) is 59.5 Å². The first-order valence-electron chi connectivity index (χ1n) is 13.1. The molecule has 0 amide bonds. The van der Waals surface area contributed by atoms with E-state index in [0.29, 0.717) is 28.5 Å². The lowest BCUT2D eigenvalue weighted by molar-refractivity contribution is -0.128. The maximum Gasteiger partial charge on any atom is 0.336 e. The fourth-order valence-corrected chi connectivity index (χ4v) is 4.35. The number of fused-ring (bicyclic) bond motifs is 1. The van der Waals surface area contributed by atoms with E-state index in [0.717, 1.165) is 16.7 Å². The first-order chi connectivity index (χ1) is 19.9. The van der Waals surface area contributed by atoms with Crippen LogP contribution < -0.4 is 19.6 Å². The first-order valence-corrected chi connectivity index (χ1v) is 13.4. The average molecular weight is 567 g/mol. The van der Waals surface area contributed by atoms with Crippen molar-refractivity contribution in [1.29, 1.82) is 0 Å². The summed E-state index contributed by atoms with van der Waals surface area (Å²) in [6, 6.07) is 27.0. The van der Waals surface area contributed by atoms with Gasteiger partial charge in [-0.1, -0.05) is 74.0 Å². The molecule has 0 aliphatic heterocycles. The van der Waals surface area contributed by atoms with Crippen molar-refractivity contribution in [1.82, 2.24) is 0 Å². The summed E-state index contributed by atoms with van der Waals surface area (Å²) in [7, 11) is 0. The Bertz CT molecular complexity index is 1770. The van der Waals surface area contributed by atoms with E-state index in [1.165, 1.54) is 18.4 Å². The van der Waals surface area contributed by atoms with Gasteiger partial charge in [0.2, 0.25) is 11.2 Å². The van der Waals surface area contributed by atoms with Gasteiger partial charge in [0.05, 0.1) is 5.39 Å². The van der Waals surface area contributed by atoms with Crippen LogP contribution in [0.1, 0.15) is 36.5 Å². The van der Waals surface area contributed by atoms with Crippen LogP contribution in [0.15, 0.2) is 113 Å². The minimum absolute atomic E-state index is 0.0820. The number of rotatable bonds is 9. The number of benzene rings is 4. The molecule has 1 aromatic heterocycles. The van der Waals surface area contributed by atoms with E-state index in [2.05, 4.69) is 13.8 Å². The van der Waals surface area contributed by atoms with E-state index in [9.17, 15) is 9.59 Å². The molecule has 0 saturated heterocycles. The van der Waals surface area contributed by atoms with E-state index in [4.69, 9.17) is 30.2 Å². The molecule has 0 N–H and O–H groups in total. The second-order valence-electron chi connectivity index (χ2n) is 9.59. The summed E-state index contributed by atoms with van der Waals surface area (Å²) in [5.41, 5.74) is 2.64. The molecule has 0 unspecified atom stereocenters. The summed E-state index contributed by atoms with van der Waals surface area (Å²) in [5, 5.41) is 0.970. The molecule has 206 valence electrons. The standard InChI is InChI=1S/C34H27ClO6/c1-22(2)27-8-4-6-10-30(27)41-32-21-39-31-19-26(16-17-28(31)34(32)37)40-33(36)18-13-23-11-14-25(15-12-23)38-20-24-7-3-5-9-29(24)35/h3-19,21-22H,20H2,1-2H3. The molecule has 4 aromatic carbocycles. The Morgan fingerprint density at radius 3 is 2.41 bits per heavy atom. The van der Waals surface area contributed by atoms with Gasteiger partial charge < -0.3 is 18.6 Å². The Hall–Kier alpha value is -4.81. The van der Waals surface area contributed by atoms with Crippen molar-refractivity contribution in [2.24, 2.45) is 0 Å². The van der Waals surface area contributed by atoms with Gasteiger partial charge in [0, 0.05) is 22.7 Å². The highest BCUT2D eigenvalue weighted by Crippen LogP contribution is 2.30. The van der Waals surface area contributed by atoms with Crippen molar-refractivity contribution in [3.63, 3.8) is 0 Å². The Morgan fingerprint density at radius 1 is 0.902 bits per heavy atom. The Labute approximate surface area is 242 Å². The quantitative estimate of drug-likeness (QED) is 0.101. The third kappa shape index (κ3) is 6.86. The largest absolute Gasteiger partial charge is 0.489 e. The molecule has 5 rings (SSSR count). The molecule has 0 aliphatic carbocycles. The topological polar surface area (TPSA) is 75.0 Å². The molecule has 5 aromatic rings.